The van der Waals surface area contributed by atoms with Gasteiger partial charge in [0.25, 0.3) is 0 Å². The van der Waals surface area contributed by atoms with Crippen LogP contribution >= 0.6 is 11.8 Å². The summed E-state index contributed by atoms with van der Waals surface area (Å²) in [6.45, 7) is 0. The number of nitrogens with zero attached hydrogens (tertiary/aromatic N) is 3. The Morgan fingerprint density at radius 1 is 1.00 bits per heavy atom. The number of benzene rings is 2. The van der Waals surface area contributed by atoms with Crippen LogP contribution in [0, 0.1) is 0 Å². The van der Waals surface area contributed by atoms with Gasteiger partial charge in [-0.3, -0.25) is 4.57 Å². The van der Waals surface area contributed by atoms with Crippen molar-refractivity contribution in [1.29, 1.82) is 0 Å². The summed E-state index contributed by atoms with van der Waals surface area (Å²) in [5.41, 5.74) is 2.01. The van der Waals surface area contributed by atoms with E-state index in [2.05, 4.69) is 26.9 Å². The molecule has 122 valence electrons. The number of hydrogen-bond donors (Lipinski definition) is 1. The second-order valence-electron chi connectivity index (χ2n) is 6.02. The zero-order valence-corrected chi connectivity index (χ0v) is 14.1. The monoisotopic (exact) mass is 337 g/mol. The summed E-state index contributed by atoms with van der Waals surface area (Å²) in [6, 6.07) is 20.0. The first-order valence-electron chi connectivity index (χ1n) is 8.19. The van der Waals surface area contributed by atoms with E-state index in [1.54, 1.807) is 11.8 Å². The van der Waals surface area contributed by atoms with Gasteiger partial charge < -0.3 is 5.11 Å². The van der Waals surface area contributed by atoms with Gasteiger partial charge in [0.05, 0.1) is 6.10 Å². The van der Waals surface area contributed by atoms with Crippen molar-refractivity contribution in [3.63, 3.8) is 0 Å². The van der Waals surface area contributed by atoms with Crippen molar-refractivity contribution in [1.82, 2.24) is 14.8 Å². The number of para-hydroxylation sites is 1. The van der Waals surface area contributed by atoms with Gasteiger partial charge in [-0.15, -0.1) is 10.2 Å². The first-order chi connectivity index (χ1) is 11.8. The molecule has 3 aromatic rings. The highest BCUT2D eigenvalue weighted by Crippen LogP contribution is 2.41. The molecular weight excluding hydrogens is 318 g/mol. The molecule has 1 fully saturated rings. The predicted molar refractivity (Wildman–Crippen MR) is 95.5 cm³/mol. The first-order valence-corrected chi connectivity index (χ1v) is 9.18. The summed E-state index contributed by atoms with van der Waals surface area (Å²) in [5, 5.41) is 20.0. The third kappa shape index (κ3) is 3.23. The van der Waals surface area contributed by atoms with Crippen LogP contribution in [-0.2, 0) is 0 Å². The van der Waals surface area contributed by atoms with Crippen molar-refractivity contribution in [2.75, 3.05) is 5.75 Å². The van der Waals surface area contributed by atoms with E-state index in [1.807, 2.05) is 48.5 Å². The minimum atomic E-state index is -0.513. The maximum Gasteiger partial charge on any atom is 0.195 e. The molecule has 1 saturated carbocycles. The lowest BCUT2D eigenvalue weighted by molar-refractivity contribution is 0.204. The van der Waals surface area contributed by atoms with Gasteiger partial charge in [0.1, 0.15) is 5.82 Å². The Bertz CT molecular complexity index is 800. The second kappa shape index (κ2) is 6.79. The van der Waals surface area contributed by atoms with Gasteiger partial charge in [-0.25, -0.2) is 0 Å². The van der Waals surface area contributed by atoms with E-state index in [9.17, 15) is 5.11 Å². The summed E-state index contributed by atoms with van der Waals surface area (Å²) >= 11 is 1.55. The number of rotatable bonds is 6. The number of aromatic nitrogens is 3. The minimum Gasteiger partial charge on any atom is -0.388 e. The fourth-order valence-electron chi connectivity index (χ4n) is 2.73. The van der Waals surface area contributed by atoms with Crippen LogP contribution in [0.2, 0.25) is 0 Å². The average Bonchev–Trinajstić information content (AvgIpc) is 3.40. The molecule has 24 heavy (non-hydrogen) atoms. The van der Waals surface area contributed by atoms with Crippen molar-refractivity contribution in [2.45, 2.75) is 30.0 Å². The Balaban J connectivity index is 1.57. The van der Waals surface area contributed by atoms with Crippen LogP contribution in [0.1, 0.15) is 36.3 Å². The molecule has 1 aliphatic rings. The molecule has 4 nitrogen and oxygen atoms in total. The molecular formula is C19H19N3OS. The standard InChI is InChI=1S/C19H19N3OS/c23-17(14-7-3-1-4-8-14)13-24-19-21-20-18(15-11-12-15)22(19)16-9-5-2-6-10-16/h1-10,15,17,23H,11-13H2. The molecule has 1 N–H and O–H groups in total. The predicted octanol–water partition coefficient (Wildman–Crippen LogP) is 3.97. The van der Waals surface area contributed by atoms with Crippen LogP contribution in [0.5, 0.6) is 0 Å². The van der Waals surface area contributed by atoms with Crippen LogP contribution in [0.3, 0.4) is 0 Å². The van der Waals surface area contributed by atoms with E-state index in [0.29, 0.717) is 11.7 Å². The third-order valence-corrected chi connectivity index (χ3v) is 5.17. The highest BCUT2D eigenvalue weighted by Gasteiger charge is 2.31. The summed E-state index contributed by atoms with van der Waals surface area (Å²) in [5.74, 6) is 2.11. The fraction of sp³-hybridized carbons (Fsp3) is 0.263. The van der Waals surface area contributed by atoms with Gasteiger partial charge in [0.2, 0.25) is 0 Å². The Labute approximate surface area is 145 Å². The number of hydrogen-bond acceptors (Lipinski definition) is 4. The molecule has 0 aliphatic heterocycles. The number of thioether (sulfide) groups is 1. The van der Waals surface area contributed by atoms with E-state index in [-0.39, 0.29) is 0 Å². The number of aliphatic hydroxyl groups is 1. The average molecular weight is 337 g/mol. The quantitative estimate of drug-likeness (QED) is 0.692. The molecule has 4 rings (SSSR count). The normalized spacial score (nSPS) is 15.4. The summed E-state index contributed by atoms with van der Waals surface area (Å²) in [4.78, 5) is 0. The maximum atomic E-state index is 10.4. The summed E-state index contributed by atoms with van der Waals surface area (Å²) in [7, 11) is 0. The molecule has 0 radical (unpaired) electrons. The van der Waals surface area contributed by atoms with Crippen molar-refractivity contribution in [3.05, 3.63) is 72.1 Å². The fourth-order valence-corrected chi connectivity index (χ4v) is 3.65. The van der Waals surface area contributed by atoms with Crippen LogP contribution in [0.4, 0.5) is 0 Å². The van der Waals surface area contributed by atoms with Crippen LogP contribution in [-0.4, -0.2) is 25.6 Å². The van der Waals surface area contributed by atoms with Crippen molar-refractivity contribution in [2.24, 2.45) is 0 Å². The molecule has 1 atom stereocenters. The molecule has 0 saturated heterocycles. The third-order valence-electron chi connectivity index (χ3n) is 4.17. The maximum absolute atomic E-state index is 10.4. The Morgan fingerprint density at radius 3 is 2.33 bits per heavy atom. The largest absolute Gasteiger partial charge is 0.388 e. The SMILES string of the molecule is OC(CSc1nnc(C2CC2)n1-c1ccccc1)c1ccccc1. The van der Waals surface area contributed by atoms with Gasteiger partial charge in [0.15, 0.2) is 5.16 Å². The molecule has 1 aromatic heterocycles. The molecule has 0 bridgehead atoms. The van der Waals surface area contributed by atoms with E-state index < -0.39 is 6.10 Å². The summed E-state index contributed by atoms with van der Waals surface area (Å²) < 4.78 is 2.14. The van der Waals surface area contributed by atoms with Gasteiger partial charge in [-0.2, -0.15) is 0 Å². The lowest BCUT2D eigenvalue weighted by Crippen LogP contribution is -2.04. The zero-order chi connectivity index (χ0) is 16.4. The van der Waals surface area contributed by atoms with Crippen molar-refractivity contribution in [3.8, 4) is 5.69 Å². The molecule has 2 aromatic carbocycles. The Kier molecular flexibility index (Phi) is 4.36. The van der Waals surface area contributed by atoms with Gasteiger partial charge in [-0.05, 0) is 30.5 Å². The van der Waals surface area contributed by atoms with Gasteiger partial charge >= 0.3 is 0 Å². The van der Waals surface area contributed by atoms with Crippen LogP contribution in [0.25, 0.3) is 5.69 Å². The summed E-state index contributed by atoms with van der Waals surface area (Å²) in [6.07, 6.45) is 1.85. The Morgan fingerprint density at radius 2 is 1.67 bits per heavy atom. The molecule has 5 heteroatoms. The molecule has 1 aliphatic carbocycles. The molecule has 0 amide bonds. The van der Waals surface area contributed by atoms with Crippen molar-refractivity contribution < 1.29 is 5.11 Å². The van der Waals surface area contributed by atoms with E-state index in [1.165, 1.54) is 12.8 Å². The smallest absolute Gasteiger partial charge is 0.195 e. The zero-order valence-electron chi connectivity index (χ0n) is 13.2. The topological polar surface area (TPSA) is 50.9 Å². The van der Waals surface area contributed by atoms with E-state index >= 15 is 0 Å². The molecule has 0 spiro atoms. The minimum absolute atomic E-state index is 0.513. The van der Waals surface area contributed by atoms with Crippen LogP contribution < -0.4 is 0 Å². The lowest BCUT2D eigenvalue weighted by Gasteiger charge is -2.12. The molecule has 1 heterocycles. The molecule has 1 unspecified atom stereocenters. The highest BCUT2D eigenvalue weighted by atomic mass is 32.2. The van der Waals surface area contributed by atoms with Crippen molar-refractivity contribution >= 4 is 11.8 Å². The lowest BCUT2D eigenvalue weighted by atomic mass is 10.1. The van der Waals surface area contributed by atoms with Gasteiger partial charge in [0, 0.05) is 17.4 Å². The first kappa shape index (κ1) is 15.4. The van der Waals surface area contributed by atoms with Crippen LogP contribution in [0.15, 0.2) is 65.8 Å². The van der Waals surface area contributed by atoms with Gasteiger partial charge in [-0.1, -0.05) is 60.3 Å². The number of aliphatic hydroxyl groups excluding tert-OH is 1. The van der Waals surface area contributed by atoms with E-state index in [4.69, 9.17) is 0 Å². The van der Waals surface area contributed by atoms with E-state index in [0.717, 1.165) is 22.2 Å². The second-order valence-corrected chi connectivity index (χ2v) is 7.01. The Hall–Kier alpha value is -2.11. The highest BCUT2D eigenvalue weighted by molar-refractivity contribution is 7.99.